The van der Waals surface area contributed by atoms with Gasteiger partial charge in [0.15, 0.2) is 0 Å². The third kappa shape index (κ3) is 5.26. The molecule has 0 saturated carbocycles. The number of nitrogens with zero attached hydrogens (tertiary/aromatic N) is 1. The zero-order valence-corrected chi connectivity index (χ0v) is 15.8. The smallest absolute Gasteiger partial charge is 0.317 e. The summed E-state index contributed by atoms with van der Waals surface area (Å²) >= 11 is 3.34. The first-order valence-electron chi connectivity index (χ1n) is 8.05. The second-order valence-corrected chi connectivity index (χ2v) is 6.28. The van der Waals surface area contributed by atoms with E-state index in [1.54, 1.807) is 0 Å². The van der Waals surface area contributed by atoms with E-state index in [1.165, 1.54) is 6.21 Å². The number of hydrazone groups is 1. The van der Waals surface area contributed by atoms with Gasteiger partial charge in [-0.1, -0.05) is 60.1 Å². The summed E-state index contributed by atoms with van der Waals surface area (Å²) in [6, 6.07) is 13.2. The van der Waals surface area contributed by atoms with Gasteiger partial charge in [0.25, 0.3) is 0 Å². The summed E-state index contributed by atoms with van der Waals surface area (Å²) in [7, 11) is 0. The third-order valence-electron chi connectivity index (χ3n) is 3.69. The lowest BCUT2D eigenvalue weighted by Gasteiger charge is -2.13. The third-order valence-corrected chi connectivity index (χ3v) is 4.22. The summed E-state index contributed by atoms with van der Waals surface area (Å²) in [5, 5.41) is 6.52. The Morgan fingerprint density at radius 1 is 1.00 bits per heavy atom. The van der Waals surface area contributed by atoms with E-state index in [-0.39, 0.29) is 0 Å². The number of rotatable bonds is 5. The summed E-state index contributed by atoms with van der Waals surface area (Å²) in [6.07, 6.45) is 3.02. The van der Waals surface area contributed by atoms with Crippen molar-refractivity contribution in [3.05, 3.63) is 63.6 Å². The maximum absolute atomic E-state index is 12.1. The zero-order valence-electron chi connectivity index (χ0n) is 14.2. The molecule has 0 saturated heterocycles. The Hall–Kier alpha value is -2.47. The average Bonchev–Trinajstić information content (AvgIpc) is 2.63. The minimum atomic E-state index is -0.804. The summed E-state index contributed by atoms with van der Waals surface area (Å²) in [5.74, 6) is -1.54. The van der Waals surface area contributed by atoms with Gasteiger partial charge in [-0.25, -0.2) is 5.43 Å². The molecule has 0 unspecified atom stereocenters. The molecule has 0 aliphatic rings. The van der Waals surface area contributed by atoms with Gasteiger partial charge in [0.2, 0.25) is 0 Å². The van der Waals surface area contributed by atoms with E-state index in [0.717, 1.165) is 34.0 Å². The molecule has 0 aliphatic carbocycles. The zero-order chi connectivity index (χ0) is 18.2. The van der Waals surface area contributed by atoms with Crippen molar-refractivity contribution in [2.45, 2.75) is 26.7 Å². The lowest BCUT2D eigenvalue weighted by Crippen LogP contribution is -2.33. The first kappa shape index (κ1) is 18.9. The number of aryl methyl sites for hydroxylation is 2. The molecule has 2 aromatic rings. The Bertz CT molecular complexity index is 764. The summed E-state index contributed by atoms with van der Waals surface area (Å²) in [4.78, 5) is 24.1. The lowest BCUT2D eigenvalue weighted by atomic mass is 10.0. The topological polar surface area (TPSA) is 70.6 Å². The maximum atomic E-state index is 12.1. The average molecular weight is 402 g/mol. The van der Waals surface area contributed by atoms with Crippen LogP contribution in [0, 0.1) is 0 Å². The molecule has 0 fully saturated rings. The van der Waals surface area contributed by atoms with Crippen molar-refractivity contribution in [3.63, 3.8) is 0 Å². The van der Waals surface area contributed by atoms with Crippen LogP contribution < -0.4 is 10.7 Å². The van der Waals surface area contributed by atoms with Crippen molar-refractivity contribution in [2.75, 3.05) is 5.32 Å². The number of para-hydroxylation sites is 1. The molecule has 0 heterocycles. The fourth-order valence-electron chi connectivity index (χ4n) is 2.34. The predicted octanol–water partition coefficient (Wildman–Crippen LogP) is 3.66. The minimum Gasteiger partial charge on any atom is -0.317 e. The molecule has 2 amide bonds. The molecule has 0 spiro atoms. The SMILES string of the molecule is CCc1cccc(CC)c1NC(=O)C(=O)N/N=C/c1ccc(Br)cc1. The summed E-state index contributed by atoms with van der Waals surface area (Å²) < 4.78 is 0.953. The van der Waals surface area contributed by atoms with Crippen molar-refractivity contribution in [1.82, 2.24) is 5.43 Å². The summed E-state index contributed by atoms with van der Waals surface area (Å²) in [5.41, 5.74) is 5.77. The fraction of sp³-hybridized carbons (Fsp3) is 0.211. The standard InChI is InChI=1S/C19H20BrN3O2/c1-3-14-6-5-7-15(4-2)17(14)22-18(24)19(25)23-21-12-13-8-10-16(20)11-9-13/h5-12H,3-4H2,1-2H3,(H,22,24)(H,23,25)/b21-12+. The number of hydrogen-bond acceptors (Lipinski definition) is 3. The molecule has 2 rings (SSSR count). The number of halogens is 1. The van der Waals surface area contributed by atoms with Crippen LogP contribution in [0.15, 0.2) is 52.0 Å². The van der Waals surface area contributed by atoms with E-state index in [1.807, 2.05) is 56.3 Å². The number of amides is 2. The second-order valence-electron chi connectivity index (χ2n) is 5.36. The Kier molecular flexibility index (Phi) is 6.89. The van der Waals surface area contributed by atoms with Gasteiger partial charge < -0.3 is 5.32 Å². The lowest BCUT2D eigenvalue weighted by molar-refractivity contribution is -0.136. The second kappa shape index (κ2) is 9.13. The van der Waals surface area contributed by atoms with E-state index >= 15 is 0 Å². The van der Waals surface area contributed by atoms with Crippen molar-refractivity contribution in [2.24, 2.45) is 5.10 Å². The van der Waals surface area contributed by atoms with Crippen LogP contribution in [0.1, 0.15) is 30.5 Å². The molecule has 2 N–H and O–H groups in total. The molecule has 2 aromatic carbocycles. The van der Waals surface area contributed by atoms with Crippen LogP contribution >= 0.6 is 15.9 Å². The van der Waals surface area contributed by atoms with E-state index in [4.69, 9.17) is 0 Å². The first-order valence-corrected chi connectivity index (χ1v) is 8.85. The van der Waals surface area contributed by atoms with E-state index in [0.29, 0.717) is 5.69 Å². The Balaban J connectivity index is 2.01. The van der Waals surface area contributed by atoms with E-state index in [2.05, 4.69) is 31.8 Å². The largest absolute Gasteiger partial charge is 0.329 e. The maximum Gasteiger partial charge on any atom is 0.329 e. The first-order chi connectivity index (χ1) is 12.0. The monoisotopic (exact) mass is 401 g/mol. The molecule has 0 aliphatic heterocycles. The van der Waals surface area contributed by atoms with Crippen LogP contribution in [0.4, 0.5) is 5.69 Å². The van der Waals surface area contributed by atoms with Gasteiger partial charge >= 0.3 is 11.8 Å². The van der Waals surface area contributed by atoms with Gasteiger partial charge in [-0.3, -0.25) is 9.59 Å². The van der Waals surface area contributed by atoms with Gasteiger partial charge in [-0.05, 0) is 41.7 Å². The molecule has 130 valence electrons. The van der Waals surface area contributed by atoms with E-state index < -0.39 is 11.8 Å². The van der Waals surface area contributed by atoms with Gasteiger partial charge in [-0.15, -0.1) is 0 Å². The van der Waals surface area contributed by atoms with Crippen LogP contribution in [0.25, 0.3) is 0 Å². The normalized spacial score (nSPS) is 10.7. The van der Waals surface area contributed by atoms with Gasteiger partial charge in [0.1, 0.15) is 0 Å². The highest BCUT2D eigenvalue weighted by molar-refractivity contribution is 9.10. The number of nitrogens with one attached hydrogen (secondary N) is 2. The fourth-order valence-corrected chi connectivity index (χ4v) is 2.60. The van der Waals surface area contributed by atoms with Crippen LogP contribution in [0.2, 0.25) is 0 Å². The van der Waals surface area contributed by atoms with Crippen LogP contribution in [-0.4, -0.2) is 18.0 Å². The Morgan fingerprint density at radius 3 is 2.16 bits per heavy atom. The van der Waals surface area contributed by atoms with Crippen molar-refractivity contribution >= 4 is 39.6 Å². The van der Waals surface area contributed by atoms with Gasteiger partial charge in [-0.2, -0.15) is 5.10 Å². The van der Waals surface area contributed by atoms with Crippen LogP contribution in [0.5, 0.6) is 0 Å². The highest BCUT2D eigenvalue weighted by atomic mass is 79.9. The van der Waals surface area contributed by atoms with Crippen molar-refractivity contribution in [3.8, 4) is 0 Å². The van der Waals surface area contributed by atoms with Gasteiger partial charge in [0.05, 0.1) is 6.21 Å². The minimum absolute atomic E-state index is 0.713. The molecule has 0 atom stereocenters. The molecule has 0 bridgehead atoms. The predicted molar refractivity (Wildman–Crippen MR) is 104 cm³/mol. The molecule has 6 heteroatoms. The number of benzene rings is 2. The number of hydrogen-bond donors (Lipinski definition) is 2. The molecule has 0 radical (unpaired) electrons. The molecular formula is C19H20BrN3O2. The molecule has 0 aromatic heterocycles. The summed E-state index contributed by atoms with van der Waals surface area (Å²) in [6.45, 7) is 4.01. The Labute approximate surface area is 155 Å². The quantitative estimate of drug-likeness (QED) is 0.455. The number of anilines is 1. The number of carbonyl (C=O) groups excluding carboxylic acids is 2. The Morgan fingerprint density at radius 2 is 1.60 bits per heavy atom. The van der Waals surface area contributed by atoms with Crippen LogP contribution in [-0.2, 0) is 22.4 Å². The highest BCUT2D eigenvalue weighted by Gasteiger charge is 2.16. The molecule has 5 nitrogen and oxygen atoms in total. The van der Waals surface area contributed by atoms with Crippen LogP contribution in [0.3, 0.4) is 0 Å². The van der Waals surface area contributed by atoms with Gasteiger partial charge in [0, 0.05) is 10.2 Å². The van der Waals surface area contributed by atoms with Crippen molar-refractivity contribution in [1.29, 1.82) is 0 Å². The molecule has 25 heavy (non-hydrogen) atoms. The highest BCUT2D eigenvalue weighted by Crippen LogP contribution is 2.22. The number of carbonyl (C=O) groups is 2. The van der Waals surface area contributed by atoms with E-state index in [9.17, 15) is 9.59 Å². The van der Waals surface area contributed by atoms with Crippen molar-refractivity contribution < 1.29 is 9.59 Å². The molecular weight excluding hydrogens is 382 g/mol.